The van der Waals surface area contributed by atoms with E-state index < -0.39 is 18.5 Å². The molecule has 0 aliphatic rings. The molecule has 0 aromatic heterocycles. The van der Waals surface area contributed by atoms with Crippen LogP contribution in [0.3, 0.4) is 0 Å². The Morgan fingerprint density at radius 3 is 2.39 bits per heavy atom. The maximum Gasteiger partial charge on any atom is 1.00 e. The summed E-state index contributed by atoms with van der Waals surface area (Å²) in [6, 6.07) is 3.62. The first-order valence-corrected chi connectivity index (χ1v) is 5.05. The number of hydrogen-bond acceptors (Lipinski definition) is 2. The maximum atomic E-state index is 12.8. The smallest absolute Gasteiger partial charge is 0.497 e. The molecule has 0 aliphatic carbocycles. The Morgan fingerprint density at radius 2 is 1.94 bits per heavy atom. The molecule has 0 aliphatic heterocycles. The molecule has 0 bridgehead atoms. The Labute approximate surface area is 147 Å². The first-order chi connectivity index (χ1) is 7.88. The molecule has 18 heavy (non-hydrogen) atoms. The Hall–Kier alpha value is 0.0513. The summed E-state index contributed by atoms with van der Waals surface area (Å²) in [7, 11) is 1.31. The third-order valence-corrected chi connectivity index (χ3v) is 2.21. The molecule has 0 amide bonds. The second kappa shape index (κ2) is 7.59. The van der Waals surface area contributed by atoms with Crippen molar-refractivity contribution in [3.8, 4) is 11.5 Å². The fraction of sp³-hybridized carbons (Fsp3) is 0.273. The molecule has 1 aromatic carbocycles. The Kier molecular flexibility index (Phi) is 7.62. The molecule has 0 spiro atoms. The van der Waals surface area contributed by atoms with Crippen LogP contribution in [-0.4, -0.2) is 20.2 Å². The fourth-order valence-corrected chi connectivity index (χ4v) is 1.27. The van der Waals surface area contributed by atoms with Crippen molar-refractivity contribution in [3.63, 3.8) is 0 Å². The van der Waals surface area contributed by atoms with Crippen molar-refractivity contribution in [1.82, 2.24) is 0 Å². The van der Waals surface area contributed by atoms with E-state index in [1.165, 1.54) is 25.3 Å². The van der Waals surface area contributed by atoms with E-state index >= 15 is 0 Å². The third-order valence-electron chi connectivity index (χ3n) is 2.21. The Balaban J connectivity index is 0.00000289. The van der Waals surface area contributed by atoms with Gasteiger partial charge in [-0.15, -0.1) is 0 Å². The number of hydrogen-bond donors (Lipinski definition) is 0. The van der Waals surface area contributed by atoms with E-state index in [4.69, 9.17) is 9.47 Å². The van der Waals surface area contributed by atoms with Gasteiger partial charge < -0.3 is 22.4 Å². The van der Waals surface area contributed by atoms with Gasteiger partial charge in [0.15, 0.2) is 0 Å². The molecule has 0 saturated carbocycles. The summed E-state index contributed by atoms with van der Waals surface area (Å²) in [5.41, 5.74) is -0.793. The number of methoxy groups -OCH3 is 1. The van der Waals surface area contributed by atoms with Gasteiger partial charge in [0.1, 0.15) is 11.9 Å². The molecule has 0 N–H and O–H groups in total. The van der Waals surface area contributed by atoms with Gasteiger partial charge in [0, 0.05) is 0 Å². The van der Waals surface area contributed by atoms with Crippen molar-refractivity contribution in [2.45, 2.75) is 13.0 Å². The van der Waals surface area contributed by atoms with Crippen LogP contribution in [0.1, 0.15) is 6.92 Å². The van der Waals surface area contributed by atoms with E-state index in [0.717, 1.165) is 6.07 Å². The average molecular weight is 284 g/mol. The van der Waals surface area contributed by atoms with Crippen LogP contribution in [0, 0.1) is 0 Å². The zero-order valence-electron chi connectivity index (χ0n) is 10.6. The predicted octanol–water partition coefficient (Wildman–Crippen LogP) is -0.293. The van der Waals surface area contributed by atoms with E-state index in [9.17, 15) is 12.9 Å². The maximum absolute atomic E-state index is 12.8. The third kappa shape index (κ3) is 4.97. The van der Waals surface area contributed by atoms with Crippen molar-refractivity contribution in [3.05, 3.63) is 30.9 Å². The second-order valence-corrected chi connectivity index (χ2v) is 3.54. The van der Waals surface area contributed by atoms with Crippen molar-refractivity contribution < 1.29 is 73.8 Å². The molecule has 0 radical (unpaired) electrons. The van der Waals surface area contributed by atoms with Crippen LogP contribution in [0.15, 0.2) is 30.9 Å². The number of benzene rings is 1. The topological polar surface area (TPSA) is 18.5 Å². The van der Waals surface area contributed by atoms with Gasteiger partial charge in [0.05, 0.1) is 12.9 Å². The summed E-state index contributed by atoms with van der Waals surface area (Å²) in [6.07, 6.45) is 0.942. The van der Waals surface area contributed by atoms with Crippen LogP contribution in [0.4, 0.5) is 12.9 Å². The zero-order valence-corrected chi connectivity index (χ0v) is 13.7. The van der Waals surface area contributed by atoms with E-state index in [0.29, 0.717) is 0 Å². The number of ether oxygens (including phenoxy) is 2. The quantitative estimate of drug-likeness (QED) is 0.546. The van der Waals surface area contributed by atoms with E-state index in [2.05, 4.69) is 6.58 Å². The first kappa shape index (κ1) is 18.1. The zero-order chi connectivity index (χ0) is 13.1. The van der Waals surface area contributed by atoms with E-state index in [1.807, 2.05) is 0 Å². The largest absolute Gasteiger partial charge is 1.00 e. The first-order valence-electron chi connectivity index (χ1n) is 5.05. The Morgan fingerprint density at radius 1 is 1.33 bits per heavy atom. The summed E-state index contributed by atoms with van der Waals surface area (Å²) < 4.78 is 48.4. The molecule has 7 heteroatoms. The molecule has 2 nitrogen and oxygen atoms in total. The van der Waals surface area contributed by atoms with Gasteiger partial charge in [-0.3, -0.25) is 0 Å². The van der Waals surface area contributed by atoms with Crippen LogP contribution in [0.5, 0.6) is 11.5 Å². The van der Waals surface area contributed by atoms with E-state index in [-0.39, 0.29) is 62.9 Å². The molecule has 1 rings (SSSR count). The van der Waals surface area contributed by atoms with Gasteiger partial charge in [0.2, 0.25) is 0 Å². The summed E-state index contributed by atoms with van der Waals surface area (Å²) in [6.45, 7) is -0.0678. The monoisotopic (exact) mass is 284 g/mol. The predicted molar refractivity (Wildman–Crippen MR) is 62.0 cm³/mol. The SMILES string of the molecule is C=CC(C)Oc1ccc(OC)cc1[B-](F)(F)F.[K+]. The van der Waals surface area contributed by atoms with Crippen LogP contribution >= 0.6 is 0 Å². The molecule has 1 unspecified atom stereocenters. The van der Waals surface area contributed by atoms with Crippen molar-refractivity contribution in [2.75, 3.05) is 7.11 Å². The summed E-state index contributed by atoms with van der Waals surface area (Å²) in [5, 5.41) is 0. The van der Waals surface area contributed by atoms with Crippen molar-refractivity contribution in [1.29, 1.82) is 0 Å². The minimum absolute atomic E-state index is 0. The number of halogens is 3. The fourth-order valence-electron chi connectivity index (χ4n) is 1.27. The van der Waals surface area contributed by atoms with Gasteiger partial charge in [0.25, 0.3) is 0 Å². The van der Waals surface area contributed by atoms with Crippen LogP contribution in [0.25, 0.3) is 0 Å². The van der Waals surface area contributed by atoms with Gasteiger partial charge >= 0.3 is 58.4 Å². The summed E-state index contributed by atoms with van der Waals surface area (Å²) in [5.74, 6) is -0.0523. The standard InChI is InChI=1S/C11H13BF3O2.K/c1-4-8(2)17-11-6-5-9(16-3)7-10(11)12(13,14)15;/h4-8H,1H2,2-3H3;/q-1;+1. The molecule has 1 atom stereocenters. The molecule has 0 heterocycles. The van der Waals surface area contributed by atoms with E-state index in [1.54, 1.807) is 6.92 Å². The normalized spacial score (nSPS) is 12.3. The Bertz CT molecular complexity index is 410. The molecule has 1 aromatic rings. The molecule has 0 fully saturated rings. The van der Waals surface area contributed by atoms with Gasteiger partial charge in [-0.2, -0.15) is 0 Å². The van der Waals surface area contributed by atoms with Gasteiger partial charge in [-0.1, -0.05) is 18.1 Å². The molecular formula is C11H13BF3KO2. The van der Waals surface area contributed by atoms with Crippen LogP contribution in [-0.2, 0) is 0 Å². The average Bonchev–Trinajstić information content (AvgIpc) is 2.28. The molecule has 94 valence electrons. The summed E-state index contributed by atoms with van der Waals surface area (Å²) in [4.78, 5) is 0. The van der Waals surface area contributed by atoms with Crippen molar-refractivity contribution >= 4 is 12.4 Å². The van der Waals surface area contributed by atoms with Gasteiger partial charge in [-0.05, 0) is 25.1 Å². The van der Waals surface area contributed by atoms with Gasteiger partial charge in [-0.25, -0.2) is 0 Å². The summed E-state index contributed by atoms with van der Waals surface area (Å²) >= 11 is 0. The minimum atomic E-state index is -5.14. The second-order valence-electron chi connectivity index (χ2n) is 3.54. The van der Waals surface area contributed by atoms with Crippen LogP contribution in [0.2, 0.25) is 0 Å². The van der Waals surface area contributed by atoms with Crippen LogP contribution < -0.4 is 66.3 Å². The molecule has 0 saturated heterocycles. The minimum Gasteiger partial charge on any atom is -0.497 e. The molecular weight excluding hydrogens is 271 g/mol. The van der Waals surface area contributed by atoms with Crippen molar-refractivity contribution in [2.24, 2.45) is 0 Å². The number of rotatable bonds is 5.